The molecular weight excluding hydrogens is 256 g/mol. The van der Waals surface area contributed by atoms with Crippen LogP contribution in [-0.2, 0) is 6.61 Å². The van der Waals surface area contributed by atoms with Crippen molar-refractivity contribution in [2.75, 3.05) is 0 Å². The minimum absolute atomic E-state index is 0.503. The van der Waals surface area contributed by atoms with Crippen molar-refractivity contribution < 1.29 is 4.74 Å². The van der Waals surface area contributed by atoms with Gasteiger partial charge in [-0.05, 0) is 35.0 Å². The van der Waals surface area contributed by atoms with Crippen LogP contribution in [0, 0.1) is 6.92 Å². The Labute approximate surface area is 96.6 Å². The lowest BCUT2D eigenvalue weighted by atomic mass is 10.3. The molecule has 0 aliphatic carbocycles. The summed E-state index contributed by atoms with van der Waals surface area (Å²) in [6, 6.07) is 7.77. The molecule has 0 unspecified atom stereocenters. The van der Waals surface area contributed by atoms with Gasteiger partial charge in [-0.1, -0.05) is 12.1 Å². The number of rotatable bonds is 3. The fraction of sp³-hybridized carbons (Fsp3) is 0.182. The normalized spacial score (nSPS) is 10.3. The molecule has 0 amide bonds. The van der Waals surface area contributed by atoms with Gasteiger partial charge in [-0.2, -0.15) is 0 Å². The third kappa shape index (κ3) is 2.59. The first-order chi connectivity index (χ1) is 7.25. The van der Waals surface area contributed by atoms with Gasteiger partial charge in [-0.15, -0.1) is 0 Å². The van der Waals surface area contributed by atoms with Crippen LogP contribution in [0.4, 0.5) is 0 Å². The molecule has 0 aliphatic heterocycles. The van der Waals surface area contributed by atoms with Gasteiger partial charge in [0.15, 0.2) is 0 Å². The van der Waals surface area contributed by atoms with E-state index in [9.17, 15) is 0 Å². The van der Waals surface area contributed by atoms with Crippen LogP contribution in [0.3, 0.4) is 0 Å². The largest absolute Gasteiger partial charge is 0.486 e. The zero-order valence-electron chi connectivity index (χ0n) is 8.33. The van der Waals surface area contributed by atoms with Crippen LogP contribution < -0.4 is 4.74 Å². The first-order valence-electron chi connectivity index (χ1n) is 4.63. The summed E-state index contributed by atoms with van der Waals surface area (Å²) in [5.41, 5.74) is 0.975. The molecule has 0 aliphatic rings. The molecule has 1 N–H and O–H groups in total. The second-order valence-electron chi connectivity index (χ2n) is 3.21. The second kappa shape index (κ2) is 4.49. The average Bonchev–Trinajstić information content (AvgIpc) is 2.63. The number of nitrogens with one attached hydrogen (secondary N) is 1. The topological polar surface area (TPSA) is 37.9 Å². The summed E-state index contributed by atoms with van der Waals surface area (Å²) >= 11 is 3.42. The van der Waals surface area contributed by atoms with E-state index in [4.69, 9.17) is 4.74 Å². The number of ether oxygens (including phenoxy) is 1. The zero-order valence-corrected chi connectivity index (χ0v) is 9.91. The van der Waals surface area contributed by atoms with E-state index in [-0.39, 0.29) is 0 Å². The maximum absolute atomic E-state index is 5.62. The molecule has 1 heterocycles. The monoisotopic (exact) mass is 266 g/mol. The fourth-order valence-corrected chi connectivity index (χ4v) is 1.66. The summed E-state index contributed by atoms with van der Waals surface area (Å²) in [5.74, 6) is 1.74. The Balaban J connectivity index is 2.02. The third-order valence-electron chi connectivity index (χ3n) is 1.98. The molecule has 2 rings (SSSR count). The summed E-state index contributed by atoms with van der Waals surface area (Å²) < 4.78 is 6.58. The number of aromatic nitrogens is 2. The van der Waals surface area contributed by atoms with Crippen molar-refractivity contribution in [2.24, 2.45) is 0 Å². The smallest absolute Gasteiger partial charge is 0.134 e. The number of benzene rings is 1. The standard InChI is InChI=1S/C11H11BrN2O/c1-8-13-6-9(14-8)7-15-11-5-3-2-4-10(11)12/h2-6H,7H2,1H3,(H,13,14). The van der Waals surface area contributed by atoms with Gasteiger partial charge < -0.3 is 9.72 Å². The molecule has 0 saturated carbocycles. The van der Waals surface area contributed by atoms with Crippen LogP contribution in [0.2, 0.25) is 0 Å². The molecule has 78 valence electrons. The minimum atomic E-state index is 0.503. The van der Waals surface area contributed by atoms with Crippen molar-refractivity contribution in [1.29, 1.82) is 0 Å². The zero-order chi connectivity index (χ0) is 10.7. The lowest BCUT2D eigenvalue weighted by Crippen LogP contribution is -1.96. The Morgan fingerprint density at radius 2 is 2.20 bits per heavy atom. The van der Waals surface area contributed by atoms with Gasteiger partial charge in [-0.3, -0.25) is 0 Å². The Morgan fingerprint density at radius 3 is 2.87 bits per heavy atom. The molecule has 0 bridgehead atoms. The highest BCUT2D eigenvalue weighted by Gasteiger charge is 2.01. The predicted octanol–water partition coefficient (Wildman–Crippen LogP) is 3.06. The van der Waals surface area contributed by atoms with Gasteiger partial charge in [0.2, 0.25) is 0 Å². The summed E-state index contributed by atoms with van der Waals surface area (Å²) in [6.45, 7) is 2.42. The van der Waals surface area contributed by atoms with E-state index in [1.807, 2.05) is 31.2 Å². The van der Waals surface area contributed by atoms with Crippen molar-refractivity contribution >= 4 is 15.9 Å². The number of hydrogen-bond donors (Lipinski definition) is 1. The molecule has 15 heavy (non-hydrogen) atoms. The Kier molecular flexibility index (Phi) is 3.06. The van der Waals surface area contributed by atoms with Gasteiger partial charge in [0.1, 0.15) is 18.2 Å². The SMILES string of the molecule is Cc1ncc(COc2ccccc2Br)[nH]1. The van der Waals surface area contributed by atoms with Crippen LogP contribution >= 0.6 is 15.9 Å². The van der Waals surface area contributed by atoms with Crippen LogP contribution in [0.5, 0.6) is 5.75 Å². The maximum atomic E-state index is 5.62. The van der Waals surface area contributed by atoms with E-state index < -0.39 is 0 Å². The summed E-state index contributed by atoms with van der Waals surface area (Å²) in [4.78, 5) is 7.22. The first-order valence-corrected chi connectivity index (χ1v) is 5.43. The highest BCUT2D eigenvalue weighted by molar-refractivity contribution is 9.10. The Morgan fingerprint density at radius 1 is 1.40 bits per heavy atom. The Bertz CT molecular complexity index is 453. The molecule has 0 spiro atoms. The summed E-state index contributed by atoms with van der Waals surface area (Å²) in [6.07, 6.45) is 1.78. The molecule has 0 radical (unpaired) electrons. The third-order valence-corrected chi connectivity index (χ3v) is 2.63. The first kappa shape index (κ1) is 10.2. The highest BCUT2D eigenvalue weighted by atomic mass is 79.9. The molecule has 0 saturated heterocycles. The van der Waals surface area contributed by atoms with Crippen molar-refractivity contribution in [2.45, 2.75) is 13.5 Å². The van der Waals surface area contributed by atoms with Crippen molar-refractivity contribution in [3.63, 3.8) is 0 Å². The van der Waals surface area contributed by atoms with Crippen LogP contribution in [-0.4, -0.2) is 9.97 Å². The van der Waals surface area contributed by atoms with Crippen LogP contribution in [0.1, 0.15) is 11.5 Å². The summed E-state index contributed by atoms with van der Waals surface area (Å²) in [7, 11) is 0. The molecule has 3 nitrogen and oxygen atoms in total. The number of H-pyrrole nitrogens is 1. The van der Waals surface area contributed by atoms with Crippen molar-refractivity contribution in [3.8, 4) is 5.75 Å². The van der Waals surface area contributed by atoms with Gasteiger partial charge in [0, 0.05) is 0 Å². The van der Waals surface area contributed by atoms with E-state index in [1.165, 1.54) is 0 Å². The van der Waals surface area contributed by atoms with Crippen LogP contribution in [0.15, 0.2) is 34.9 Å². The average molecular weight is 267 g/mol. The number of halogens is 1. The maximum Gasteiger partial charge on any atom is 0.134 e. The molecular formula is C11H11BrN2O. The number of para-hydroxylation sites is 1. The van der Waals surface area contributed by atoms with E-state index in [1.54, 1.807) is 6.20 Å². The molecule has 1 aromatic heterocycles. The lowest BCUT2D eigenvalue weighted by Gasteiger charge is -2.05. The Hall–Kier alpha value is -1.29. The van der Waals surface area contributed by atoms with E-state index >= 15 is 0 Å². The van der Waals surface area contributed by atoms with Gasteiger partial charge in [-0.25, -0.2) is 4.98 Å². The minimum Gasteiger partial charge on any atom is -0.486 e. The van der Waals surface area contributed by atoms with E-state index in [2.05, 4.69) is 25.9 Å². The van der Waals surface area contributed by atoms with Crippen molar-refractivity contribution in [1.82, 2.24) is 9.97 Å². The van der Waals surface area contributed by atoms with Crippen LogP contribution in [0.25, 0.3) is 0 Å². The number of aromatic amines is 1. The number of hydrogen-bond acceptors (Lipinski definition) is 2. The number of imidazole rings is 1. The van der Waals surface area contributed by atoms with Gasteiger partial charge >= 0.3 is 0 Å². The van der Waals surface area contributed by atoms with Gasteiger partial charge in [0.25, 0.3) is 0 Å². The van der Waals surface area contributed by atoms with E-state index in [0.717, 1.165) is 21.7 Å². The molecule has 1 aromatic carbocycles. The molecule has 2 aromatic rings. The second-order valence-corrected chi connectivity index (χ2v) is 4.07. The number of nitrogens with zero attached hydrogens (tertiary/aromatic N) is 1. The summed E-state index contributed by atoms with van der Waals surface area (Å²) in [5, 5.41) is 0. The van der Waals surface area contributed by atoms with E-state index in [0.29, 0.717) is 6.61 Å². The molecule has 4 heteroatoms. The van der Waals surface area contributed by atoms with Crippen molar-refractivity contribution in [3.05, 3.63) is 46.5 Å². The van der Waals surface area contributed by atoms with Gasteiger partial charge in [0.05, 0.1) is 16.4 Å². The molecule has 0 fully saturated rings. The predicted molar refractivity (Wildman–Crippen MR) is 61.8 cm³/mol. The highest BCUT2D eigenvalue weighted by Crippen LogP contribution is 2.24. The number of aryl methyl sites for hydroxylation is 1. The lowest BCUT2D eigenvalue weighted by molar-refractivity contribution is 0.300. The molecule has 0 atom stereocenters. The fourth-order valence-electron chi connectivity index (χ4n) is 1.26. The quantitative estimate of drug-likeness (QED) is 0.928.